The van der Waals surface area contributed by atoms with Gasteiger partial charge in [0.15, 0.2) is 5.76 Å². The van der Waals surface area contributed by atoms with Crippen molar-refractivity contribution in [3.8, 4) is 0 Å². The Morgan fingerprint density at radius 3 is 2.48 bits per heavy atom. The van der Waals surface area contributed by atoms with E-state index >= 15 is 0 Å². The van der Waals surface area contributed by atoms with Crippen molar-refractivity contribution in [2.75, 3.05) is 7.05 Å². The van der Waals surface area contributed by atoms with Gasteiger partial charge in [-0.1, -0.05) is 24.3 Å². The molecule has 1 heterocycles. The van der Waals surface area contributed by atoms with Gasteiger partial charge in [0.2, 0.25) is 5.09 Å². The van der Waals surface area contributed by atoms with Gasteiger partial charge >= 0.3 is 5.97 Å². The maximum atomic E-state index is 12.3. The van der Waals surface area contributed by atoms with Gasteiger partial charge in [-0.3, -0.25) is 9.59 Å². The zero-order chi connectivity index (χ0) is 18.6. The highest BCUT2D eigenvalue weighted by Crippen LogP contribution is 2.22. The summed E-state index contributed by atoms with van der Waals surface area (Å²) in [5.41, 5.74) is 1.49. The minimum atomic E-state index is -3.81. The van der Waals surface area contributed by atoms with Crippen LogP contribution in [0.2, 0.25) is 0 Å². The van der Waals surface area contributed by atoms with Crippen molar-refractivity contribution in [3.05, 3.63) is 53.3 Å². The molecule has 0 saturated carbocycles. The van der Waals surface area contributed by atoms with E-state index in [-0.39, 0.29) is 12.2 Å². The summed E-state index contributed by atoms with van der Waals surface area (Å²) >= 11 is 0. The van der Waals surface area contributed by atoms with Crippen molar-refractivity contribution in [1.29, 1.82) is 0 Å². The highest BCUT2D eigenvalue weighted by atomic mass is 32.2. The van der Waals surface area contributed by atoms with Crippen molar-refractivity contribution < 1.29 is 27.5 Å². The monoisotopic (exact) mass is 366 g/mol. The predicted octanol–water partition coefficient (Wildman–Crippen LogP) is 1.44. The molecule has 0 aliphatic rings. The molecule has 0 aliphatic heterocycles. The SMILES string of the molecule is CNS(=O)(=O)c1ccc(C(=O)NC(CC(=O)O)c2ccccc2C)o1. The number of carboxylic acid groups (broad SMARTS) is 1. The van der Waals surface area contributed by atoms with E-state index in [9.17, 15) is 18.0 Å². The first-order chi connectivity index (χ1) is 11.7. The Hall–Kier alpha value is -2.65. The number of carbonyl (C=O) groups excluding carboxylic acids is 1. The Morgan fingerprint density at radius 1 is 1.20 bits per heavy atom. The third-order valence-electron chi connectivity index (χ3n) is 3.59. The fourth-order valence-electron chi connectivity index (χ4n) is 2.31. The number of carbonyl (C=O) groups is 2. The van der Waals surface area contributed by atoms with Crippen LogP contribution in [0.25, 0.3) is 0 Å². The molecule has 0 radical (unpaired) electrons. The van der Waals surface area contributed by atoms with E-state index in [1.54, 1.807) is 31.2 Å². The quantitative estimate of drug-likeness (QED) is 0.681. The number of sulfonamides is 1. The van der Waals surface area contributed by atoms with Gasteiger partial charge in [0, 0.05) is 0 Å². The number of aryl methyl sites for hydroxylation is 1. The summed E-state index contributed by atoms with van der Waals surface area (Å²) < 4.78 is 30.5. The van der Waals surface area contributed by atoms with Gasteiger partial charge in [-0.2, -0.15) is 0 Å². The van der Waals surface area contributed by atoms with E-state index in [1.165, 1.54) is 13.1 Å². The fourth-order valence-corrected chi connectivity index (χ4v) is 2.96. The first-order valence-electron chi connectivity index (χ1n) is 7.36. The van der Waals surface area contributed by atoms with E-state index in [0.717, 1.165) is 11.6 Å². The van der Waals surface area contributed by atoms with E-state index in [4.69, 9.17) is 9.52 Å². The number of hydrogen-bond donors (Lipinski definition) is 3. The summed E-state index contributed by atoms with van der Waals surface area (Å²) in [4.78, 5) is 23.5. The lowest BCUT2D eigenvalue weighted by atomic mass is 9.98. The Labute approximate surface area is 144 Å². The van der Waals surface area contributed by atoms with Gasteiger partial charge in [-0.15, -0.1) is 0 Å². The first-order valence-corrected chi connectivity index (χ1v) is 8.84. The van der Waals surface area contributed by atoms with Crippen LogP contribution in [0.5, 0.6) is 0 Å². The van der Waals surface area contributed by atoms with Crippen LogP contribution in [0.15, 0.2) is 45.9 Å². The number of hydrogen-bond acceptors (Lipinski definition) is 5. The number of aliphatic carboxylic acids is 1. The minimum Gasteiger partial charge on any atom is -0.481 e. The second-order valence-corrected chi connectivity index (χ2v) is 7.12. The molecule has 1 amide bonds. The Bertz CT molecular complexity index is 888. The lowest BCUT2D eigenvalue weighted by Gasteiger charge is -2.18. The van der Waals surface area contributed by atoms with Crippen molar-refractivity contribution >= 4 is 21.9 Å². The molecule has 0 saturated heterocycles. The average molecular weight is 366 g/mol. The zero-order valence-electron chi connectivity index (χ0n) is 13.6. The zero-order valence-corrected chi connectivity index (χ0v) is 14.5. The van der Waals surface area contributed by atoms with Crippen LogP contribution in [0, 0.1) is 6.92 Å². The summed E-state index contributed by atoms with van der Waals surface area (Å²) in [6.07, 6.45) is -0.320. The summed E-state index contributed by atoms with van der Waals surface area (Å²) in [6.45, 7) is 1.81. The molecule has 1 aromatic carbocycles. The molecular formula is C16H18N2O6S. The fraction of sp³-hybridized carbons (Fsp3) is 0.250. The van der Waals surface area contributed by atoms with Crippen LogP contribution in [0.3, 0.4) is 0 Å². The number of nitrogens with one attached hydrogen (secondary N) is 2. The van der Waals surface area contributed by atoms with Crippen LogP contribution in [-0.4, -0.2) is 32.4 Å². The predicted molar refractivity (Wildman–Crippen MR) is 88.6 cm³/mol. The van der Waals surface area contributed by atoms with Crippen molar-refractivity contribution in [1.82, 2.24) is 10.0 Å². The second-order valence-electron chi connectivity index (χ2n) is 5.31. The molecule has 1 unspecified atom stereocenters. The molecule has 3 N–H and O–H groups in total. The van der Waals surface area contributed by atoms with Gasteiger partial charge in [-0.25, -0.2) is 13.1 Å². The highest BCUT2D eigenvalue weighted by Gasteiger charge is 2.24. The summed E-state index contributed by atoms with van der Waals surface area (Å²) in [7, 11) is -2.59. The molecular weight excluding hydrogens is 348 g/mol. The molecule has 2 rings (SSSR count). The van der Waals surface area contributed by atoms with E-state index in [2.05, 4.69) is 10.0 Å². The molecule has 0 bridgehead atoms. The van der Waals surface area contributed by atoms with E-state index in [1.807, 2.05) is 0 Å². The average Bonchev–Trinajstić information content (AvgIpc) is 3.05. The Morgan fingerprint density at radius 2 is 1.88 bits per heavy atom. The summed E-state index contributed by atoms with van der Waals surface area (Å²) in [5, 5.41) is 11.3. The summed E-state index contributed by atoms with van der Waals surface area (Å²) in [6, 6.07) is 8.67. The first kappa shape index (κ1) is 18.7. The van der Waals surface area contributed by atoms with Crippen molar-refractivity contribution in [2.24, 2.45) is 0 Å². The normalized spacial score (nSPS) is 12.6. The maximum Gasteiger partial charge on any atom is 0.305 e. The molecule has 25 heavy (non-hydrogen) atoms. The number of furan rings is 1. The largest absolute Gasteiger partial charge is 0.481 e. The molecule has 0 fully saturated rings. The smallest absolute Gasteiger partial charge is 0.305 e. The molecule has 0 aliphatic carbocycles. The number of carboxylic acids is 1. The van der Waals surface area contributed by atoms with Gasteiger partial charge in [0.1, 0.15) is 0 Å². The number of rotatable bonds is 7. The van der Waals surface area contributed by atoms with Gasteiger partial charge < -0.3 is 14.8 Å². The Kier molecular flexibility index (Phi) is 5.60. The molecule has 0 spiro atoms. The lowest BCUT2D eigenvalue weighted by Crippen LogP contribution is -2.30. The summed E-state index contributed by atoms with van der Waals surface area (Å²) in [5.74, 6) is -2.00. The molecule has 9 heteroatoms. The number of amides is 1. The van der Waals surface area contributed by atoms with Gasteiger partial charge in [0.25, 0.3) is 15.9 Å². The van der Waals surface area contributed by atoms with Crippen LogP contribution in [0.4, 0.5) is 0 Å². The number of benzene rings is 1. The van der Waals surface area contributed by atoms with E-state index < -0.39 is 33.0 Å². The van der Waals surface area contributed by atoms with E-state index in [0.29, 0.717) is 5.56 Å². The molecule has 1 aromatic heterocycles. The highest BCUT2D eigenvalue weighted by molar-refractivity contribution is 7.89. The second kappa shape index (κ2) is 7.49. The topological polar surface area (TPSA) is 126 Å². The Balaban J connectivity index is 2.26. The standard InChI is InChI=1S/C16H18N2O6S/c1-10-5-3-4-6-11(10)12(9-14(19)20)18-16(21)13-7-8-15(24-13)25(22,23)17-2/h3-8,12,17H,9H2,1-2H3,(H,18,21)(H,19,20). The molecule has 1 atom stereocenters. The van der Waals surface area contributed by atoms with Crippen LogP contribution >= 0.6 is 0 Å². The minimum absolute atomic E-state index is 0.224. The third kappa shape index (κ3) is 4.46. The van der Waals surface area contributed by atoms with Gasteiger partial charge in [0.05, 0.1) is 12.5 Å². The van der Waals surface area contributed by atoms with Gasteiger partial charge in [-0.05, 0) is 37.2 Å². The van der Waals surface area contributed by atoms with Crippen molar-refractivity contribution in [3.63, 3.8) is 0 Å². The molecule has 8 nitrogen and oxygen atoms in total. The van der Waals surface area contributed by atoms with Crippen LogP contribution in [-0.2, 0) is 14.8 Å². The van der Waals surface area contributed by atoms with Crippen molar-refractivity contribution in [2.45, 2.75) is 24.5 Å². The molecule has 2 aromatic rings. The lowest BCUT2D eigenvalue weighted by molar-refractivity contribution is -0.137. The van der Waals surface area contributed by atoms with Crippen LogP contribution < -0.4 is 10.0 Å². The maximum absolute atomic E-state index is 12.3. The van der Waals surface area contributed by atoms with Crippen LogP contribution in [0.1, 0.15) is 34.1 Å². The molecule has 134 valence electrons. The third-order valence-corrected chi connectivity index (χ3v) is 4.87.